The molecule has 1 aliphatic rings. The number of carbonyl (C=O) groups is 1. The highest BCUT2D eigenvalue weighted by Gasteiger charge is 2.24. The van der Waals surface area contributed by atoms with Gasteiger partial charge in [-0.3, -0.25) is 4.79 Å². The number of nitriles is 1. The van der Waals surface area contributed by atoms with E-state index in [1.807, 2.05) is 30.3 Å². The Balaban J connectivity index is 2.04. The topological polar surface area (TPSA) is 56.1 Å². The first-order valence-electron chi connectivity index (χ1n) is 6.24. The van der Waals surface area contributed by atoms with Gasteiger partial charge in [0.05, 0.1) is 12.5 Å². The summed E-state index contributed by atoms with van der Waals surface area (Å²) in [7, 11) is 0. The molecule has 1 aromatic rings. The minimum atomic E-state index is 0.114. The standard InChI is InChI=1S/C14H17N3O/c15-7-4-8-17(13-5-2-1-3-6-13)14(18)9-12-10-16-11-12/h1-3,5-6,12,16H,4,8-11H2. The minimum absolute atomic E-state index is 0.114. The van der Waals surface area contributed by atoms with Crippen molar-refractivity contribution in [1.29, 1.82) is 5.26 Å². The van der Waals surface area contributed by atoms with E-state index >= 15 is 0 Å². The number of hydrogen-bond acceptors (Lipinski definition) is 3. The fourth-order valence-corrected chi connectivity index (χ4v) is 2.02. The highest BCUT2D eigenvalue weighted by atomic mass is 16.2. The average Bonchev–Trinajstić information content (AvgIpc) is 2.36. The van der Waals surface area contributed by atoms with Gasteiger partial charge in [0.15, 0.2) is 0 Å². The van der Waals surface area contributed by atoms with E-state index in [-0.39, 0.29) is 5.91 Å². The summed E-state index contributed by atoms with van der Waals surface area (Å²) in [6.07, 6.45) is 0.927. The lowest BCUT2D eigenvalue weighted by molar-refractivity contribution is -0.119. The Morgan fingerprint density at radius 1 is 1.39 bits per heavy atom. The molecule has 4 heteroatoms. The molecule has 0 radical (unpaired) electrons. The van der Waals surface area contributed by atoms with Crippen LogP contribution in [0.3, 0.4) is 0 Å². The van der Waals surface area contributed by atoms with Gasteiger partial charge in [0.1, 0.15) is 0 Å². The molecule has 1 fully saturated rings. The number of hydrogen-bond donors (Lipinski definition) is 1. The summed E-state index contributed by atoms with van der Waals surface area (Å²) in [5, 5.41) is 11.9. The van der Waals surface area contributed by atoms with E-state index in [1.165, 1.54) is 0 Å². The Kier molecular flexibility index (Phi) is 4.32. The van der Waals surface area contributed by atoms with Crippen LogP contribution in [0.25, 0.3) is 0 Å². The SMILES string of the molecule is N#CCCN(C(=O)CC1CNC1)c1ccccc1. The molecule has 4 nitrogen and oxygen atoms in total. The molecule has 1 heterocycles. The summed E-state index contributed by atoms with van der Waals surface area (Å²) in [6, 6.07) is 11.7. The molecule has 0 saturated carbocycles. The fourth-order valence-electron chi connectivity index (χ4n) is 2.02. The summed E-state index contributed by atoms with van der Waals surface area (Å²) in [5.74, 6) is 0.564. The van der Waals surface area contributed by atoms with Gasteiger partial charge in [0.2, 0.25) is 5.91 Å². The van der Waals surface area contributed by atoms with Gasteiger partial charge >= 0.3 is 0 Å². The van der Waals surface area contributed by atoms with Gasteiger partial charge in [0, 0.05) is 18.7 Å². The van der Waals surface area contributed by atoms with Gasteiger partial charge in [0.25, 0.3) is 0 Å². The van der Waals surface area contributed by atoms with Crippen LogP contribution >= 0.6 is 0 Å². The summed E-state index contributed by atoms with van der Waals surface area (Å²) in [4.78, 5) is 14.0. The lowest BCUT2D eigenvalue weighted by Gasteiger charge is -2.29. The number of amides is 1. The van der Waals surface area contributed by atoms with E-state index in [0.29, 0.717) is 25.3 Å². The van der Waals surface area contributed by atoms with Crippen LogP contribution in [-0.2, 0) is 4.79 Å². The first-order valence-corrected chi connectivity index (χ1v) is 6.24. The number of benzene rings is 1. The van der Waals surface area contributed by atoms with Crippen LogP contribution in [0.5, 0.6) is 0 Å². The molecule has 1 N–H and O–H groups in total. The molecule has 1 aromatic carbocycles. The zero-order valence-electron chi connectivity index (χ0n) is 10.3. The molecule has 0 unspecified atom stereocenters. The molecule has 0 aliphatic carbocycles. The van der Waals surface area contributed by atoms with Crippen LogP contribution in [0.1, 0.15) is 12.8 Å². The quantitative estimate of drug-likeness (QED) is 0.853. The molecule has 94 valence electrons. The van der Waals surface area contributed by atoms with Crippen molar-refractivity contribution < 1.29 is 4.79 Å². The van der Waals surface area contributed by atoms with Gasteiger partial charge in [-0.2, -0.15) is 5.26 Å². The molecule has 1 saturated heterocycles. The number of nitrogens with zero attached hydrogens (tertiary/aromatic N) is 2. The summed E-state index contributed by atoms with van der Waals surface area (Å²) in [6.45, 7) is 2.32. The summed E-state index contributed by atoms with van der Waals surface area (Å²) >= 11 is 0. The zero-order valence-corrected chi connectivity index (χ0v) is 10.3. The lowest BCUT2D eigenvalue weighted by atomic mass is 9.98. The number of carbonyl (C=O) groups excluding carboxylic acids is 1. The summed E-state index contributed by atoms with van der Waals surface area (Å²) < 4.78 is 0. The van der Waals surface area contributed by atoms with E-state index in [2.05, 4.69) is 11.4 Å². The molecular formula is C14H17N3O. The maximum absolute atomic E-state index is 12.2. The largest absolute Gasteiger partial charge is 0.316 e. The third kappa shape index (κ3) is 3.08. The first-order chi connectivity index (χ1) is 8.81. The van der Waals surface area contributed by atoms with Crippen molar-refractivity contribution in [3.8, 4) is 6.07 Å². The van der Waals surface area contributed by atoms with Crippen molar-refractivity contribution in [1.82, 2.24) is 5.32 Å². The fraction of sp³-hybridized carbons (Fsp3) is 0.429. The number of rotatable bonds is 5. The smallest absolute Gasteiger partial charge is 0.227 e. The minimum Gasteiger partial charge on any atom is -0.316 e. The maximum atomic E-state index is 12.2. The van der Waals surface area contributed by atoms with Crippen LogP contribution in [0.4, 0.5) is 5.69 Å². The average molecular weight is 243 g/mol. The second kappa shape index (κ2) is 6.18. The van der Waals surface area contributed by atoms with Gasteiger partial charge in [-0.15, -0.1) is 0 Å². The number of nitrogens with one attached hydrogen (secondary N) is 1. The molecule has 2 rings (SSSR count). The molecule has 0 aromatic heterocycles. The molecule has 0 bridgehead atoms. The van der Waals surface area contributed by atoms with Crippen molar-refractivity contribution in [3.63, 3.8) is 0 Å². The van der Waals surface area contributed by atoms with E-state index in [4.69, 9.17) is 5.26 Å². The Labute approximate surface area is 107 Å². The number of anilines is 1. The zero-order chi connectivity index (χ0) is 12.8. The first kappa shape index (κ1) is 12.6. The van der Waals surface area contributed by atoms with Crippen molar-refractivity contribution >= 4 is 11.6 Å². The Morgan fingerprint density at radius 2 is 2.11 bits per heavy atom. The van der Waals surface area contributed by atoms with Gasteiger partial charge < -0.3 is 10.2 Å². The molecule has 1 aliphatic heterocycles. The van der Waals surface area contributed by atoms with Crippen LogP contribution in [-0.4, -0.2) is 25.5 Å². The van der Waals surface area contributed by atoms with Crippen molar-refractivity contribution in [3.05, 3.63) is 30.3 Å². The second-order valence-corrected chi connectivity index (χ2v) is 4.52. The monoisotopic (exact) mass is 243 g/mol. The van der Waals surface area contributed by atoms with Crippen LogP contribution in [0.15, 0.2) is 30.3 Å². The third-order valence-electron chi connectivity index (χ3n) is 3.15. The maximum Gasteiger partial charge on any atom is 0.227 e. The molecular weight excluding hydrogens is 226 g/mol. The van der Waals surface area contributed by atoms with Crippen molar-refractivity contribution in [2.45, 2.75) is 12.8 Å². The number of para-hydroxylation sites is 1. The Morgan fingerprint density at radius 3 is 2.67 bits per heavy atom. The van der Waals surface area contributed by atoms with Crippen LogP contribution in [0, 0.1) is 17.2 Å². The van der Waals surface area contributed by atoms with E-state index in [9.17, 15) is 4.79 Å². The van der Waals surface area contributed by atoms with Crippen molar-refractivity contribution in [2.24, 2.45) is 5.92 Å². The molecule has 18 heavy (non-hydrogen) atoms. The predicted molar refractivity (Wildman–Crippen MR) is 70.0 cm³/mol. The normalized spacial score (nSPS) is 14.6. The van der Waals surface area contributed by atoms with Crippen LogP contribution < -0.4 is 10.2 Å². The lowest BCUT2D eigenvalue weighted by Crippen LogP contribution is -2.45. The predicted octanol–water partition coefficient (Wildman–Crippen LogP) is 1.54. The van der Waals surface area contributed by atoms with Crippen LogP contribution in [0.2, 0.25) is 0 Å². The van der Waals surface area contributed by atoms with E-state index in [1.54, 1.807) is 4.90 Å². The van der Waals surface area contributed by atoms with Gasteiger partial charge in [-0.1, -0.05) is 18.2 Å². The molecule has 0 spiro atoms. The molecule has 1 amide bonds. The molecule has 0 atom stereocenters. The van der Waals surface area contributed by atoms with Gasteiger partial charge in [-0.25, -0.2) is 0 Å². The summed E-state index contributed by atoms with van der Waals surface area (Å²) in [5.41, 5.74) is 0.880. The second-order valence-electron chi connectivity index (χ2n) is 4.52. The highest BCUT2D eigenvalue weighted by Crippen LogP contribution is 2.18. The Bertz CT molecular complexity index is 434. The highest BCUT2D eigenvalue weighted by molar-refractivity contribution is 5.93. The van der Waals surface area contributed by atoms with E-state index < -0.39 is 0 Å². The van der Waals surface area contributed by atoms with Gasteiger partial charge in [-0.05, 0) is 31.1 Å². The third-order valence-corrected chi connectivity index (χ3v) is 3.15. The van der Waals surface area contributed by atoms with Crippen molar-refractivity contribution in [2.75, 3.05) is 24.5 Å². The Hall–Kier alpha value is -1.86. The van der Waals surface area contributed by atoms with E-state index in [0.717, 1.165) is 18.8 Å².